The van der Waals surface area contributed by atoms with Crippen LogP contribution in [0.25, 0.3) is 0 Å². The van der Waals surface area contributed by atoms with Crippen molar-refractivity contribution in [3.8, 4) is 5.75 Å². The van der Waals surface area contributed by atoms with E-state index < -0.39 is 5.41 Å². The Morgan fingerprint density at radius 1 is 0.967 bits per heavy atom. The number of rotatable bonds is 6. The molecule has 0 atom stereocenters. The summed E-state index contributed by atoms with van der Waals surface area (Å²) in [7, 11) is 0. The Morgan fingerprint density at radius 3 is 2.30 bits per heavy atom. The molecule has 6 heteroatoms. The Kier molecular flexibility index (Phi) is 6.33. The summed E-state index contributed by atoms with van der Waals surface area (Å²) in [6.07, 6.45) is 3.86. The second kappa shape index (κ2) is 9.30. The summed E-state index contributed by atoms with van der Waals surface area (Å²) in [5.41, 5.74) is 1.36. The highest BCUT2D eigenvalue weighted by atomic mass is 16.5. The number of carbonyl (C=O) groups excluding carboxylic acids is 2. The second-order valence-corrected chi connectivity index (χ2v) is 7.92. The number of nitrogens with one attached hydrogen (secondary N) is 1. The van der Waals surface area contributed by atoms with Crippen molar-refractivity contribution >= 4 is 17.5 Å². The average Bonchev–Trinajstić information content (AvgIpc) is 3.31. The summed E-state index contributed by atoms with van der Waals surface area (Å²) in [4.78, 5) is 27.2. The van der Waals surface area contributed by atoms with Crippen LogP contribution in [0, 0.1) is 0 Å². The van der Waals surface area contributed by atoms with Gasteiger partial charge in [-0.15, -0.1) is 0 Å². The summed E-state index contributed by atoms with van der Waals surface area (Å²) in [6, 6.07) is 17.3. The minimum atomic E-state index is -0.457. The van der Waals surface area contributed by atoms with E-state index >= 15 is 0 Å². The van der Waals surface area contributed by atoms with Gasteiger partial charge in [0, 0.05) is 18.8 Å². The van der Waals surface area contributed by atoms with Crippen LogP contribution in [0.4, 0.5) is 5.69 Å². The molecule has 2 amide bonds. The monoisotopic (exact) mass is 408 g/mol. The topological polar surface area (TPSA) is 67.9 Å². The van der Waals surface area contributed by atoms with Crippen LogP contribution in [-0.2, 0) is 19.7 Å². The number of anilines is 1. The van der Waals surface area contributed by atoms with Crippen molar-refractivity contribution in [3.05, 3.63) is 60.2 Å². The number of benzene rings is 2. The Bertz CT molecular complexity index is 855. The summed E-state index contributed by atoms with van der Waals surface area (Å²) in [5.74, 6) is 0.609. The summed E-state index contributed by atoms with van der Waals surface area (Å²) in [5, 5.41) is 3.08. The number of morpholine rings is 1. The lowest BCUT2D eigenvalue weighted by molar-refractivity contribution is -0.137. The van der Waals surface area contributed by atoms with Gasteiger partial charge in [-0.25, -0.2) is 0 Å². The summed E-state index contributed by atoms with van der Waals surface area (Å²) in [6.45, 7) is 2.37. The van der Waals surface area contributed by atoms with E-state index in [0.717, 1.165) is 36.9 Å². The Morgan fingerprint density at radius 2 is 1.63 bits per heavy atom. The fourth-order valence-electron chi connectivity index (χ4n) is 4.32. The lowest BCUT2D eigenvalue weighted by Crippen LogP contribution is -2.42. The van der Waals surface area contributed by atoms with Crippen molar-refractivity contribution in [2.24, 2.45) is 0 Å². The third-order valence-corrected chi connectivity index (χ3v) is 6.06. The van der Waals surface area contributed by atoms with Gasteiger partial charge in [-0.3, -0.25) is 9.59 Å². The SMILES string of the molecule is O=C(COc1ccc(NC(=O)C2(c3ccccc3)CCCC2)cc1)N1CCOCC1. The van der Waals surface area contributed by atoms with E-state index in [4.69, 9.17) is 9.47 Å². The second-order valence-electron chi connectivity index (χ2n) is 7.92. The third kappa shape index (κ3) is 4.49. The van der Waals surface area contributed by atoms with Gasteiger partial charge in [-0.2, -0.15) is 0 Å². The molecule has 2 aromatic rings. The zero-order valence-corrected chi connectivity index (χ0v) is 17.1. The van der Waals surface area contributed by atoms with Gasteiger partial charge in [0.05, 0.1) is 18.6 Å². The van der Waals surface area contributed by atoms with Crippen molar-refractivity contribution in [2.75, 3.05) is 38.2 Å². The fourth-order valence-corrected chi connectivity index (χ4v) is 4.32. The highest BCUT2D eigenvalue weighted by Gasteiger charge is 2.42. The molecule has 0 radical (unpaired) electrons. The molecule has 1 aliphatic carbocycles. The lowest BCUT2D eigenvalue weighted by atomic mass is 9.78. The van der Waals surface area contributed by atoms with Gasteiger partial charge in [0.1, 0.15) is 5.75 Å². The van der Waals surface area contributed by atoms with Gasteiger partial charge in [-0.05, 0) is 42.7 Å². The molecule has 158 valence electrons. The molecule has 0 unspecified atom stereocenters. The van der Waals surface area contributed by atoms with Crippen LogP contribution in [0.1, 0.15) is 31.2 Å². The van der Waals surface area contributed by atoms with E-state index in [1.165, 1.54) is 0 Å². The van der Waals surface area contributed by atoms with Gasteiger partial charge < -0.3 is 19.7 Å². The predicted molar refractivity (Wildman–Crippen MR) is 115 cm³/mol. The highest BCUT2D eigenvalue weighted by Crippen LogP contribution is 2.42. The standard InChI is InChI=1S/C24H28N2O4/c27-22(26-14-16-29-17-15-26)18-30-21-10-8-20(9-11-21)25-23(28)24(12-4-5-13-24)19-6-2-1-3-7-19/h1-3,6-11H,4-5,12-18H2,(H,25,28). The van der Waals surface area contributed by atoms with Crippen LogP contribution in [-0.4, -0.2) is 49.6 Å². The van der Waals surface area contributed by atoms with E-state index in [9.17, 15) is 9.59 Å². The maximum Gasteiger partial charge on any atom is 0.260 e. The maximum atomic E-state index is 13.2. The van der Waals surface area contributed by atoms with Crippen LogP contribution >= 0.6 is 0 Å². The molecule has 1 heterocycles. The molecule has 2 aliphatic rings. The van der Waals surface area contributed by atoms with Crippen LogP contribution in [0.3, 0.4) is 0 Å². The molecule has 0 bridgehead atoms. The highest BCUT2D eigenvalue weighted by molar-refractivity contribution is 5.99. The van der Waals surface area contributed by atoms with Crippen LogP contribution in [0.2, 0.25) is 0 Å². The Hall–Kier alpha value is -2.86. The van der Waals surface area contributed by atoms with Crippen LogP contribution < -0.4 is 10.1 Å². The molecule has 6 nitrogen and oxygen atoms in total. The van der Waals surface area contributed by atoms with E-state index in [1.54, 1.807) is 17.0 Å². The van der Waals surface area contributed by atoms with Crippen LogP contribution in [0.5, 0.6) is 5.75 Å². The normalized spacial score (nSPS) is 18.1. The quantitative estimate of drug-likeness (QED) is 0.796. The van der Waals surface area contributed by atoms with Gasteiger partial charge in [-0.1, -0.05) is 43.2 Å². The number of ether oxygens (including phenoxy) is 2. The van der Waals surface area contributed by atoms with Crippen molar-refractivity contribution in [1.82, 2.24) is 4.90 Å². The molecule has 30 heavy (non-hydrogen) atoms. The van der Waals surface area contributed by atoms with E-state index in [2.05, 4.69) is 5.32 Å². The lowest BCUT2D eigenvalue weighted by Gasteiger charge is -2.28. The summed E-state index contributed by atoms with van der Waals surface area (Å²) >= 11 is 0. The molecule has 0 aromatic heterocycles. The molecule has 2 aromatic carbocycles. The zero-order chi connectivity index (χ0) is 20.8. The van der Waals surface area contributed by atoms with E-state index in [-0.39, 0.29) is 18.4 Å². The van der Waals surface area contributed by atoms with Gasteiger partial charge in [0.2, 0.25) is 5.91 Å². The summed E-state index contributed by atoms with van der Waals surface area (Å²) < 4.78 is 10.9. The molecule has 2 fully saturated rings. The minimum absolute atomic E-state index is 0.00280. The molecule has 1 saturated heterocycles. The molecular weight excluding hydrogens is 380 g/mol. The van der Waals surface area contributed by atoms with Crippen molar-refractivity contribution in [3.63, 3.8) is 0 Å². The van der Waals surface area contributed by atoms with Crippen LogP contribution in [0.15, 0.2) is 54.6 Å². The predicted octanol–water partition coefficient (Wildman–Crippen LogP) is 3.37. The van der Waals surface area contributed by atoms with E-state index in [1.807, 2.05) is 42.5 Å². The molecule has 0 spiro atoms. The molecule has 1 saturated carbocycles. The first kappa shape index (κ1) is 20.4. The van der Waals surface area contributed by atoms with Crippen molar-refractivity contribution < 1.29 is 19.1 Å². The number of carbonyl (C=O) groups is 2. The number of hydrogen-bond acceptors (Lipinski definition) is 4. The number of amides is 2. The molecular formula is C24H28N2O4. The molecule has 1 aliphatic heterocycles. The number of hydrogen-bond donors (Lipinski definition) is 1. The first-order valence-electron chi connectivity index (χ1n) is 10.6. The minimum Gasteiger partial charge on any atom is -0.484 e. The van der Waals surface area contributed by atoms with Gasteiger partial charge >= 0.3 is 0 Å². The van der Waals surface area contributed by atoms with Gasteiger partial charge in [0.15, 0.2) is 6.61 Å². The Labute approximate surface area is 177 Å². The maximum absolute atomic E-state index is 13.2. The average molecular weight is 408 g/mol. The van der Waals surface area contributed by atoms with Crippen molar-refractivity contribution in [1.29, 1.82) is 0 Å². The zero-order valence-electron chi connectivity index (χ0n) is 17.1. The largest absolute Gasteiger partial charge is 0.484 e. The Balaban J connectivity index is 1.36. The van der Waals surface area contributed by atoms with Gasteiger partial charge in [0.25, 0.3) is 5.91 Å². The molecule has 1 N–H and O–H groups in total. The van der Waals surface area contributed by atoms with Crippen molar-refractivity contribution in [2.45, 2.75) is 31.1 Å². The number of nitrogens with zero attached hydrogens (tertiary/aromatic N) is 1. The first-order valence-corrected chi connectivity index (χ1v) is 10.6. The third-order valence-electron chi connectivity index (χ3n) is 6.06. The fraction of sp³-hybridized carbons (Fsp3) is 0.417. The van der Waals surface area contributed by atoms with E-state index in [0.29, 0.717) is 32.1 Å². The smallest absolute Gasteiger partial charge is 0.260 e. The molecule has 4 rings (SSSR count). The first-order chi connectivity index (χ1) is 14.7.